The van der Waals surface area contributed by atoms with E-state index in [9.17, 15) is 0 Å². The molecule has 1 unspecified atom stereocenters. The molecule has 0 fully saturated rings. The normalized spacial score (nSPS) is 12.9. The highest BCUT2D eigenvalue weighted by molar-refractivity contribution is 5.53. The van der Waals surface area contributed by atoms with Crippen molar-refractivity contribution in [3.8, 4) is 0 Å². The van der Waals surface area contributed by atoms with Gasteiger partial charge in [0.2, 0.25) is 0 Å². The van der Waals surface area contributed by atoms with Crippen LogP contribution in [0.2, 0.25) is 0 Å². The van der Waals surface area contributed by atoms with Crippen molar-refractivity contribution in [3.05, 3.63) is 59.3 Å². The number of fused-ring (bicyclic) bond motifs is 1. The Morgan fingerprint density at radius 2 is 2.20 bits per heavy atom. The summed E-state index contributed by atoms with van der Waals surface area (Å²) in [6.45, 7) is 6.94. The highest BCUT2D eigenvalue weighted by atomic mass is 16.3. The summed E-state index contributed by atoms with van der Waals surface area (Å²) in [5.74, 6) is 1.95. The van der Waals surface area contributed by atoms with E-state index in [0.29, 0.717) is 0 Å². The second kappa shape index (κ2) is 5.13. The monoisotopic (exact) mass is 269 g/mol. The first kappa shape index (κ1) is 12.9. The Morgan fingerprint density at radius 3 is 2.95 bits per heavy atom. The molecule has 3 aromatic rings. The van der Waals surface area contributed by atoms with Crippen LogP contribution in [0.15, 0.2) is 41.1 Å². The zero-order valence-corrected chi connectivity index (χ0v) is 12.1. The standard InChI is InChI=1S/C16H19N3O/c1-11-8-15(13(3)20-11)12(2)17-9-14-10-18-19-7-5-4-6-16(14)19/h4-8,10,12,17H,9H2,1-3H3. The molecule has 104 valence electrons. The van der Waals surface area contributed by atoms with Gasteiger partial charge in [0.05, 0.1) is 11.7 Å². The number of pyridine rings is 1. The van der Waals surface area contributed by atoms with E-state index < -0.39 is 0 Å². The second-order valence-corrected chi connectivity index (χ2v) is 5.17. The molecule has 0 aliphatic heterocycles. The van der Waals surface area contributed by atoms with E-state index in [1.807, 2.05) is 42.9 Å². The van der Waals surface area contributed by atoms with E-state index in [4.69, 9.17) is 4.42 Å². The maximum absolute atomic E-state index is 5.59. The third kappa shape index (κ3) is 2.34. The fourth-order valence-corrected chi connectivity index (χ4v) is 2.58. The minimum atomic E-state index is 0.256. The largest absolute Gasteiger partial charge is 0.466 e. The molecule has 3 aromatic heterocycles. The van der Waals surface area contributed by atoms with Crippen LogP contribution in [-0.2, 0) is 6.54 Å². The average Bonchev–Trinajstić information content (AvgIpc) is 2.99. The number of aryl methyl sites for hydroxylation is 2. The average molecular weight is 269 g/mol. The Hall–Kier alpha value is -2.07. The number of nitrogens with one attached hydrogen (secondary N) is 1. The quantitative estimate of drug-likeness (QED) is 0.789. The molecule has 1 atom stereocenters. The maximum atomic E-state index is 5.59. The van der Waals surface area contributed by atoms with Crippen molar-refractivity contribution in [2.45, 2.75) is 33.4 Å². The number of hydrogen-bond acceptors (Lipinski definition) is 3. The molecule has 4 heteroatoms. The SMILES string of the molecule is Cc1cc(C(C)NCc2cnn3ccccc23)c(C)o1. The molecule has 20 heavy (non-hydrogen) atoms. The lowest BCUT2D eigenvalue weighted by atomic mass is 10.1. The van der Waals surface area contributed by atoms with Gasteiger partial charge in [0.15, 0.2) is 0 Å². The lowest BCUT2D eigenvalue weighted by Gasteiger charge is -2.12. The van der Waals surface area contributed by atoms with Crippen molar-refractivity contribution in [2.75, 3.05) is 0 Å². The smallest absolute Gasteiger partial charge is 0.105 e. The van der Waals surface area contributed by atoms with Crippen molar-refractivity contribution in [2.24, 2.45) is 0 Å². The van der Waals surface area contributed by atoms with Crippen LogP contribution in [0.25, 0.3) is 5.52 Å². The third-order valence-corrected chi connectivity index (χ3v) is 3.65. The van der Waals surface area contributed by atoms with Gasteiger partial charge >= 0.3 is 0 Å². The molecule has 3 heterocycles. The second-order valence-electron chi connectivity index (χ2n) is 5.17. The van der Waals surface area contributed by atoms with Crippen LogP contribution in [0, 0.1) is 13.8 Å². The van der Waals surface area contributed by atoms with Crippen LogP contribution in [0.1, 0.15) is 35.6 Å². The van der Waals surface area contributed by atoms with Crippen LogP contribution in [0.5, 0.6) is 0 Å². The molecular formula is C16H19N3O. The predicted octanol–water partition coefficient (Wildman–Crippen LogP) is 3.39. The Morgan fingerprint density at radius 1 is 1.35 bits per heavy atom. The Balaban J connectivity index is 1.74. The summed E-state index contributed by atoms with van der Waals surface area (Å²) in [6, 6.07) is 8.46. The maximum Gasteiger partial charge on any atom is 0.105 e. The van der Waals surface area contributed by atoms with Gasteiger partial charge in [-0.3, -0.25) is 0 Å². The number of furan rings is 1. The van der Waals surface area contributed by atoms with Crippen LogP contribution in [-0.4, -0.2) is 9.61 Å². The van der Waals surface area contributed by atoms with Gasteiger partial charge in [-0.15, -0.1) is 0 Å². The summed E-state index contributed by atoms with van der Waals surface area (Å²) in [4.78, 5) is 0. The Labute approximate surface area is 118 Å². The molecule has 0 aromatic carbocycles. The molecule has 4 nitrogen and oxygen atoms in total. The first-order valence-corrected chi connectivity index (χ1v) is 6.86. The van der Waals surface area contributed by atoms with Gasteiger partial charge in [-0.2, -0.15) is 5.10 Å². The number of hydrogen-bond donors (Lipinski definition) is 1. The highest BCUT2D eigenvalue weighted by Gasteiger charge is 2.13. The van der Waals surface area contributed by atoms with Gasteiger partial charge in [0, 0.05) is 29.9 Å². The van der Waals surface area contributed by atoms with E-state index in [2.05, 4.69) is 29.5 Å². The summed E-state index contributed by atoms with van der Waals surface area (Å²) < 4.78 is 7.48. The summed E-state index contributed by atoms with van der Waals surface area (Å²) in [6.07, 6.45) is 3.88. The number of aromatic nitrogens is 2. The third-order valence-electron chi connectivity index (χ3n) is 3.65. The van der Waals surface area contributed by atoms with E-state index in [1.165, 1.54) is 11.1 Å². The minimum Gasteiger partial charge on any atom is -0.466 e. The minimum absolute atomic E-state index is 0.256. The summed E-state index contributed by atoms with van der Waals surface area (Å²) in [5.41, 5.74) is 3.57. The van der Waals surface area contributed by atoms with Gasteiger partial charge < -0.3 is 9.73 Å². The lowest BCUT2D eigenvalue weighted by molar-refractivity contribution is 0.490. The highest BCUT2D eigenvalue weighted by Crippen LogP contribution is 2.21. The van der Waals surface area contributed by atoms with Crippen molar-refractivity contribution in [3.63, 3.8) is 0 Å². The topological polar surface area (TPSA) is 42.5 Å². The van der Waals surface area contributed by atoms with E-state index in [-0.39, 0.29) is 6.04 Å². The van der Waals surface area contributed by atoms with Crippen LogP contribution in [0.4, 0.5) is 0 Å². The predicted molar refractivity (Wildman–Crippen MR) is 78.6 cm³/mol. The molecule has 3 rings (SSSR count). The fraction of sp³-hybridized carbons (Fsp3) is 0.312. The van der Waals surface area contributed by atoms with Crippen molar-refractivity contribution in [1.82, 2.24) is 14.9 Å². The van der Waals surface area contributed by atoms with Gasteiger partial charge in [0.25, 0.3) is 0 Å². The van der Waals surface area contributed by atoms with Crippen LogP contribution in [0.3, 0.4) is 0 Å². The fourth-order valence-electron chi connectivity index (χ4n) is 2.58. The molecular weight excluding hydrogens is 250 g/mol. The van der Waals surface area contributed by atoms with Crippen molar-refractivity contribution in [1.29, 1.82) is 0 Å². The Bertz CT molecular complexity index is 726. The summed E-state index contributed by atoms with van der Waals surface area (Å²) in [7, 11) is 0. The van der Waals surface area contributed by atoms with E-state index >= 15 is 0 Å². The summed E-state index contributed by atoms with van der Waals surface area (Å²) in [5, 5.41) is 7.88. The van der Waals surface area contributed by atoms with Gasteiger partial charge in [-0.05, 0) is 39.0 Å². The van der Waals surface area contributed by atoms with E-state index in [0.717, 1.165) is 23.6 Å². The van der Waals surface area contributed by atoms with E-state index in [1.54, 1.807) is 0 Å². The van der Waals surface area contributed by atoms with Gasteiger partial charge in [-0.1, -0.05) is 6.07 Å². The molecule has 0 radical (unpaired) electrons. The van der Waals surface area contributed by atoms with Gasteiger partial charge in [-0.25, -0.2) is 4.52 Å². The van der Waals surface area contributed by atoms with Crippen LogP contribution < -0.4 is 5.32 Å². The molecule has 0 saturated heterocycles. The molecule has 0 bridgehead atoms. The van der Waals surface area contributed by atoms with Crippen LogP contribution >= 0.6 is 0 Å². The summed E-state index contributed by atoms with van der Waals surface area (Å²) >= 11 is 0. The van der Waals surface area contributed by atoms with Crippen molar-refractivity contribution < 1.29 is 4.42 Å². The first-order chi connectivity index (χ1) is 9.65. The molecule has 0 saturated carbocycles. The van der Waals surface area contributed by atoms with Gasteiger partial charge in [0.1, 0.15) is 11.5 Å². The molecule has 0 aliphatic rings. The molecule has 1 N–H and O–H groups in total. The zero-order chi connectivity index (χ0) is 14.1. The lowest BCUT2D eigenvalue weighted by Crippen LogP contribution is -2.18. The Kier molecular flexibility index (Phi) is 3.32. The molecule has 0 amide bonds. The number of nitrogens with zero attached hydrogens (tertiary/aromatic N) is 2. The molecule has 0 aliphatic carbocycles. The zero-order valence-electron chi connectivity index (χ0n) is 12.1. The van der Waals surface area contributed by atoms with Crippen molar-refractivity contribution >= 4 is 5.52 Å². The molecule has 0 spiro atoms. The number of rotatable bonds is 4. The first-order valence-electron chi connectivity index (χ1n) is 6.86.